The first kappa shape index (κ1) is 36.4. The first-order chi connectivity index (χ1) is 21.0. The molecule has 0 aliphatic carbocycles. The molecule has 0 heterocycles. The van der Waals surface area contributed by atoms with Gasteiger partial charge in [0.1, 0.15) is 0 Å². The zero-order valence-electron chi connectivity index (χ0n) is 28.0. The van der Waals surface area contributed by atoms with E-state index in [-0.39, 0.29) is 10.6 Å². The molecule has 2 aromatic carbocycles. The van der Waals surface area contributed by atoms with E-state index >= 15 is 0 Å². The van der Waals surface area contributed by atoms with Crippen molar-refractivity contribution in [3.63, 3.8) is 0 Å². The van der Waals surface area contributed by atoms with E-state index in [2.05, 4.69) is 67.8 Å². The van der Waals surface area contributed by atoms with Crippen LogP contribution in [0, 0.1) is 10.1 Å². The molecular weight excluding hydrogens is 530 g/mol. The maximum absolute atomic E-state index is 11.1. The van der Waals surface area contributed by atoms with Crippen LogP contribution in [-0.2, 0) is 0 Å². The Bertz CT molecular complexity index is 1010. The number of nitro groups is 1. The van der Waals surface area contributed by atoms with Gasteiger partial charge >= 0.3 is 0 Å². The van der Waals surface area contributed by atoms with E-state index in [0.717, 1.165) is 31.7 Å². The lowest BCUT2D eigenvalue weighted by Gasteiger charge is -2.33. The Hall–Kier alpha value is -2.82. The van der Waals surface area contributed by atoms with Crippen LogP contribution in [0.25, 0.3) is 12.2 Å². The normalized spacial score (nSPS) is 11.3. The Morgan fingerprint density at radius 2 is 0.930 bits per heavy atom. The molecule has 0 radical (unpaired) electrons. The predicted octanol–water partition coefficient (Wildman–Crippen LogP) is 11.7. The topological polar surface area (TPSA) is 49.6 Å². The first-order valence-electron chi connectivity index (χ1n) is 17.6. The van der Waals surface area contributed by atoms with Gasteiger partial charge in [-0.15, -0.1) is 0 Å². The number of rotatable bonds is 25. The molecular formula is C38H61N3O2. The molecule has 0 aliphatic rings. The summed E-state index contributed by atoms with van der Waals surface area (Å²) < 4.78 is 0. The third-order valence-electron chi connectivity index (χ3n) is 8.38. The second-order valence-electron chi connectivity index (χ2n) is 12.1. The van der Waals surface area contributed by atoms with Crippen LogP contribution < -0.4 is 9.80 Å². The zero-order chi connectivity index (χ0) is 31.1. The molecule has 5 nitrogen and oxygen atoms in total. The molecule has 0 unspecified atom stereocenters. The summed E-state index contributed by atoms with van der Waals surface area (Å²) >= 11 is 0. The van der Waals surface area contributed by atoms with E-state index in [1.54, 1.807) is 12.1 Å². The number of anilines is 2. The number of hydrogen-bond acceptors (Lipinski definition) is 4. The molecule has 240 valence electrons. The Kier molecular flexibility index (Phi) is 19.2. The van der Waals surface area contributed by atoms with Crippen LogP contribution in [0.2, 0.25) is 0 Å². The number of nitrogens with zero attached hydrogens (tertiary/aromatic N) is 3. The summed E-state index contributed by atoms with van der Waals surface area (Å²) in [7, 11) is 0. The lowest BCUT2D eigenvalue weighted by atomic mass is 10.1. The Morgan fingerprint density at radius 3 is 1.35 bits per heavy atom. The van der Waals surface area contributed by atoms with Gasteiger partial charge in [-0.1, -0.05) is 123 Å². The second-order valence-corrected chi connectivity index (χ2v) is 12.1. The summed E-state index contributed by atoms with van der Waals surface area (Å²) in [6, 6.07) is 13.8. The van der Waals surface area contributed by atoms with Gasteiger partial charge in [0.15, 0.2) is 0 Å². The van der Waals surface area contributed by atoms with Crippen LogP contribution in [0.1, 0.15) is 142 Å². The van der Waals surface area contributed by atoms with E-state index < -0.39 is 0 Å². The highest BCUT2D eigenvalue weighted by Gasteiger charge is 2.17. The van der Waals surface area contributed by atoms with Gasteiger partial charge in [0.05, 0.1) is 16.3 Å². The van der Waals surface area contributed by atoms with Gasteiger partial charge in [-0.05, 0) is 61.1 Å². The molecule has 0 saturated carbocycles. The molecule has 0 aromatic heterocycles. The largest absolute Gasteiger partial charge is 0.370 e. The summed E-state index contributed by atoms with van der Waals surface area (Å²) in [4.78, 5) is 16.1. The van der Waals surface area contributed by atoms with Crippen LogP contribution >= 0.6 is 0 Å². The van der Waals surface area contributed by atoms with Gasteiger partial charge in [0.2, 0.25) is 0 Å². The van der Waals surface area contributed by atoms with E-state index in [1.165, 1.54) is 120 Å². The molecule has 2 aromatic rings. The van der Waals surface area contributed by atoms with E-state index in [9.17, 15) is 10.1 Å². The highest BCUT2D eigenvalue weighted by molar-refractivity contribution is 5.78. The molecule has 2 rings (SSSR count). The quantitative estimate of drug-likeness (QED) is 0.0499. The summed E-state index contributed by atoms with van der Waals surface area (Å²) in [6.45, 7) is 13.6. The fourth-order valence-electron chi connectivity index (χ4n) is 5.69. The molecule has 0 fully saturated rings. The molecule has 5 heteroatoms. The molecule has 0 saturated heterocycles. The number of benzene rings is 2. The highest BCUT2D eigenvalue weighted by atomic mass is 16.6. The smallest absolute Gasteiger partial charge is 0.269 e. The summed E-state index contributed by atoms with van der Waals surface area (Å²) in [6.07, 6.45) is 24.6. The molecule has 0 atom stereocenters. The zero-order valence-corrected chi connectivity index (χ0v) is 28.0. The van der Waals surface area contributed by atoms with E-state index in [1.807, 2.05) is 12.1 Å². The van der Waals surface area contributed by atoms with Crippen LogP contribution in [0.4, 0.5) is 17.1 Å². The van der Waals surface area contributed by atoms with Crippen LogP contribution in [0.5, 0.6) is 0 Å². The van der Waals surface area contributed by atoms with Crippen LogP contribution in [-0.4, -0.2) is 31.1 Å². The van der Waals surface area contributed by atoms with Crippen molar-refractivity contribution < 1.29 is 4.92 Å². The van der Waals surface area contributed by atoms with Crippen molar-refractivity contribution in [2.45, 2.75) is 130 Å². The molecule has 43 heavy (non-hydrogen) atoms. The van der Waals surface area contributed by atoms with Crippen molar-refractivity contribution in [2.75, 3.05) is 36.0 Å². The Balaban J connectivity index is 2.44. The molecule has 0 spiro atoms. The minimum absolute atomic E-state index is 0.128. The first-order valence-corrected chi connectivity index (χ1v) is 17.6. The minimum Gasteiger partial charge on any atom is -0.370 e. The van der Waals surface area contributed by atoms with Gasteiger partial charge in [-0.25, -0.2) is 0 Å². The standard InChI is InChI=1S/C38H61N3O2/c1-5-9-13-17-29-39(30-18-14-10-6-2)37-28-25-35(22-21-34-23-26-36(27-24-34)41(42)43)33-38(37)40(31-19-15-11-7-3)32-20-16-12-8-4/h21-28,33H,5-20,29-32H2,1-4H3. The summed E-state index contributed by atoms with van der Waals surface area (Å²) in [5, 5.41) is 11.1. The highest BCUT2D eigenvalue weighted by Crippen LogP contribution is 2.33. The predicted molar refractivity (Wildman–Crippen MR) is 189 cm³/mol. The van der Waals surface area contributed by atoms with Crippen molar-refractivity contribution in [2.24, 2.45) is 0 Å². The molecule has 0 aliphatic heterocycles. The van der Waals surface area contributed by atoms with Gasteiger partial charge in [0.25, 0.3) is 5.69 Å². The number of hydrogen-bond donors (Lipinski definition) is 0. The average Bonchev–Trinajstić information content (AvgIpc) is 3.02. The van der Waals surface area contributed by atoms with Gasteiger partial charge in [-0.2, -0.15) is 0 Å². The van der Waals surface area contributed by atoms with Crippen molar-refractivity contribution in [1.82, 2.24) is 0 Å². The Labute approximate surface area is 263 Å². The maximum atomic E-state index is 11.1. The second kappa shape index (κ2) is 22.7. The van der Waals surface area contributed by atoms with Crippen LogP contribution in [0.3, 0.4) is 0 Å². The number of nitro benzene ring substituents is 1. The fourth-order valence-corrected chi connectivity index (χ4v) is 5.69. The third-order valence-corrected chi connectivity index (χ3v) is 8.38. The van der Waals surface area contributed by atoms with Crippen LogP contribution in [0.15, 0.2) is 42.5 Å². The minimum atomic E-state index is -0.343. The van der Waals surface area contributed by atoms with Crippen molar-refractivity contribution in [3.8, 4) is 0 Å². The summed E-state index contributed by atoms with van der Waals surface area (Å²) in [5.41, 5.74) is 5.06. The number of non-ortho nitro benzene ring substituents is 1. The summed E-state index contributed by atoms with van der Waals surface area (Å²) in [5.74, 6) is 0. The molecule has 0 N–H and O–H groups in total. The van der Waals surface area contributed by atoms with Gasteiger partial charge in [-0.3, -0.25) is 10.1 Å². The molecule has 0 amide bonds. The van der Waals surface area contributed by atoms with Crippen molar-refractivity contribution in [3.05, 3.63) is 63.7 Å². The third kappa shape index (κ3) is 14.5. The van der Waals surface area contributed by atoms with Gasteiger partial charge < -0.3 is 9.80 Å². The number of unbranched alkanes of at least 4 members (excludes halogenated alkanes) is 12. The fraction of sp³-hybridized carbons (Fsp3) is 0.632. The van der Waals surface area contributed by atoms with Crippen molar-refractivity contribution in [1.29, 1.82) is 0 Å². The maximum Gasteiger partial charge on any atom is 0.269 e. The van der Waals surface area contributed by atoms with E-state index in [0.29, 0.717) is 0 Å². The monoisotopic (exact) mass is 591 g/mol. The lowest BCUT2D eigenvalue weighted by Crippen LogP contribution is -2.31. The molecule has 0 bridgehead atoms. The lowest BCUT2D eigenvalue weighted by molar-refractivity contribution is -0.384. The van der Waals surface area contributed by atoms with Crippen molar-refractivity contribution >= 4 is 29.2 Å². The Morgan fingerprint density at radius 1 is 0.535 bits per heavy atom. The van der Waals surface area contributed by atoms with Gasteiger partial charge in [0, 0.05) is 38.3 Å². The van der Waals surface area contributed by atoms with E-state index in [4.69, 9.17) is 0 Å². The SMILES string of the molecule is CCCCCCN(CCCCCC)c1ccc(C=Cc2ccc([N+](=O)[O-])cc2)cc1N(CCCCCC)CCCCCC. The average molecular weight is 592 g/mol.